The summed E-state index contributed by atoms with van der Waals surface area (Å²) in [5.74, 6) is -2.61. The third-order valence-corrected chi connectivity index (χ3v) is 3.11. The van der Waals surface area contributed by atoms with Crippen LogP contribution in [0.15, 0.2) is 18.2 Å². The largest absolute Gasteiger partial charge is 0.480 e. The third-order valence-electron chi connectivity index (χ3n) is 2.80. The van der Waals surface area contributed by atoms with Gasteiger partial charge in [-0.25, -0.2) is 4.39 Å². The topological polar surface area (TPSA) is 66.4 Å². The molecule has 0 heterocycles. The van der Waals surface area contributed by atoms with Gasteiger partial charge in [0.1, 0.15) is 11.2 Å². The smallest absolute Gasteiger partial charge is 0.319 e. The number of nitrogens with one attached hydrogen (secondary N) is 1. The highest BCUT2D eigenvalue weighted by Crippen LogP contribution is 2.47. The van der Waals surface area contributed by atoms with Gasteiger partial charge in [-0.2, -0.15) is 0 Å². The molecule has 1 saturated carbocycles. The fourth-order valence-corrected chi connectivity index (χ4v) is 1.72. The average Bonchev–Trinajstić information content (AvgIpc) is 3.04. The molecule has 17 heavy (non-hydrogen) atoms. The molecule has 4 nitrogen and oxygen atoms in total. The van der Waals surface area contributed by atoms with Gasteiger partial charge in [-0.3, -0.25) is 9.59 Å². The molecule has 1 amide bonds. The van der Waals surface area contributed by atoms with Gasteiger partial charge in [0.15, 0.2) is 0 Å². The zero-order valence-corrected chi connectivity index (χ0v) is 9.42. The summed E-state index contributed by atoms with van der Waals surface area (Å²) in [6, 6.07) is 3.96. The molecule has 1 aromatic rings. The first kappa shape index (κ1) is 11.9. The Kier molecular flexibility index (Phi) is 2.79. The molecule has 0 spiro atoms. The molecule has 0 aliphatic heterocycles. The molecular formula is C11H9ClFNO3. The standard InChI is InChI=1S/C11H9ClFNO3/c12-6-2-1-3-7(13)8(6)14-9(15)11(4-5-11)10(16)17/h1-3H,4-5H2,(H,14,15)(H,16,17). The van der Waals surface area contributed by atoms with Gasteiger partial charge in [-0.05, 0) is 25.0 Å². The van der Waals surface area contributed by atoms with E-state index in [-0.39, 0.29) is 23.6 Å². The Balaban J connectivity index is 2.23. The zero-order valence-electron chi connectivity index (χ0n) is 8.67. The van der Waals surface area contributed by atoms with E-state index in [4.69, 9.17) is 16.7 Å². The SMILES string of the molecule is O=C(O)C1(C(=O)Nc2c(F)cccc2Cl)CC1. The van der Waals surface area contributed by atoms with Gasteiger partial charge >= 0.3 is 5.97 Å². The Morgan fingerprint density at radius 3 is 2.53 bits per heavy atom. The first-order valence-electron chi connectivity index (χ1n) is 4.96. The number of carboxylic acid groups (broad SMARTS) is 1. The van der Waals surface area contributed by atoms with Crippen molar-refractivity contribution in [2.45, 2.75) is 12.8 Å². The van der Waals surface area contributed by atoms with Gasteiger partial charge in [0, 0.05) is 0 Å². The fourth-order valence-electron chi connectivity index (χ4n) is 1.51. The van der Waals surface area contributed by atoms with Crippen LogP contribution >= 0.6 is 11.6 Å². The monoisotopic (exact) mass is 257 g/mol. The van der Waals surface area contributed by atoms with E-state index in [1.54, 1.807) is 0 Å². The summed E-state index contributed by atoms with van der Waals surface area (Å²) in [6.07, 6.45) is 0.528. The summed E-state index contributed by atoms with van der Waals surface area (Å²) in [7, 11) is 0. The summed E-state index contributed by atoms with van der Waals surface area (Å²) in [4.78, 5) is 22.6. The van der Waals surface area contributed by atoms with E-state index in [2.05, 4.69) is 5.32 Å². The van der Waals surface area contributed by atoms with Gasteiger partial charge in [-0.15, -0.1) is 0 Å². The molecule has 0 unspecified atom stereocenters. The number of carbonyl (C=O) groups excluding carboxylic acids is 1. The van der Waals surface area contributed by atoms with Crippen LogP contribution in [0, 0.1) is 11.2 Å². The number of benzene rings is 1. The molecule has 0 bridgehead atoms. The minimum Gasteiger partial charge on any atom is -0.480 e. The highest BCUT2D eigenvalue weighted by Gasteiger charge is 2.57. The molecular weight excluding hydrogens is 249 g/mol. The Morgan fingerprint density at radius 2 is 2.06 bits per heavy atom. The molecule has 1 aromatic carbocycles. The van der Waals surface area contributed by atoms with Crippen molar-refractivity contribution < 1.29 is 19.1 Å². The second-order valence-electron chi connectivity index (χ2n) is 3.94. The van der Waals surface area contributed by atoms with E-state index in [0.29, 0.717) is 0 Å². The van der Waals surface area contributed by atoms with Gasteiger partial charge in [0.05, 0.1) is 10.7 Å². The van der Waals surface area contributed by atoms with E-state index in [1.165, 1.54) is 12.1 Å². The van der Waals surface area contributed by atoms with Crippen LogP contribution in [-0.4, -0.2) is 17.0 Å². The van der Waals surface area contributed by atoms with Crippen LogP contribution in [0.4, 0.5) is 10.1 Å². The molecule has 0 saturated heterocycles. The minimum absolute atomic E-state index is 0.0412. The number of halogens is 2. The Bertz CT molecular complexity index is 479. The van der Waals surface area contributed by atoms with Crippen LogP contribution in [0.5, 0.6) is 0 Å². The summed E-state index contributed by atoms with van der Waals surface area (Å²) in [5, 5.41) is 11.2. The van der Waals surface area contributed by atoms with E-state index in [1.807, 2.05) is 0 Å². The highest BCUT2D eigenvalue weighted by molar-refractivity contribution is 6.34. The molecule has 0 radical (unpaired) electrons. The average molecular weight is 258 g/mol. The first-order valence-corrected chi connectivity index (χ1v) is 5.34. The molecule has 1 aliphatic carbocycles. The van der Waals surface area contributed by atoms with Crippen molar-refractivity contribution in [2.75, 3.05) is 5.32 Å². The molecule has 2 N–H and O–H groups in total. The lowest BCUT2D eigenvalue weighted by atomic mass is 10.1. The Labute approximate surface area is 101 Å². The second kappa shape index (κ2) is 4.00. The molecule has 2 rings (SSSR count). The lowest BCUT2D eigenvalue weighted by Crippen LogP contribution is -2.31. The molecule has 0 aromatic heterocycles. The van der Waals surface area contributed by atoms with Gasteiger partial charge < -0.3 is 10.4 Å². The van der Waals surface area contributed by atoms with Gasteiger partial charge in [-0.1, -0.05) is 17.7 Å². The Hall–Kier alpha value is -1.62. The predicted molar refractivity (Wildman–Crippen MR) is 59.3 cm³/mol. The molecule has 1 fully saturated rings. The number of carbonyl (C=O) groups is 2. The third kappa shape index (κ3) is 1.98. The number of hydrogen-bond acceptors (Lipinski definition) is 2. The van der Waals surface area contributed by atoms with Crippen molar-refractivity contribution in [1.82, 2.24) is 0 Å². The lowest BCUT2D eigenvalue weighted by molar-refractivity contribution is -0.147. The number of anilines is 1. The first-order chi connectivity index (χ1) is 7.97. The van der Waals surface area contributed by atoms with E-state index in [9.17, 15) is 14.0 Å². The highest BCUT2D eigenvalue weighted by atomic mass is 35.5. The van der Waals surface area contributed by atoms with Gasteiger partial charge in [0.2, 0.25) is 5.91 Å². The van der Waals surface area contributed by atoms with Crippen LogP contribution < -0.4 is 5.32 Å². The van der Waals surface area contributed by atoms with Crippen LogP contribution in [0.1, 0.15) is 12.8 Å². The fraction of sp³-hybridized carbons (Fsp3) is 0.273. The van der Waals surface area contributed by atoms with E-state index in [0.717, 1.165) is 6.07 Å². The van der Waals surface area contributed by atoms with Crippen LogP contribution in [0.2, 0.25) is 5.02 Å². The summed E-state index contributed by atoms with van der Waals surface area (Å²) in [6.45, 7) is 0. The predicted octanol–water partition coefficient (Wildman–Crippen LogP) is 2.28. The molecule has 6 heteroatoms. The van der Waals surface area contributed by atoms with Gasteiger partial charge in [0.25, 0.3) is 0 Å². The maximum Gasteiger partial charge on any atom is 0.319 e. The summed E-state index contributed by atoms with van der Waals surface area (Å²) in [5.41, 5.74) is -1.59. The van der Waals surface area contributed by atoms with Crippen LogP contribution in [0.3, 0.4) is 0 Å². The summed E-state index contributed by atoms with van der Waals surface area (Å²) < 4.78 is 13.4. The number of rotatable bonds is 3. The number of amides is 1. The minimum atomic E-state index is -1.41. The number of hydrogen-bond donors (Lipinski definition) is 2. The molecule has 90 valence electrons. The van der Waals surface area contributed by atoms with Crippen molar-refractivity contribution in [1.29, 1.82) is 0 Å². The maximum atomic E-state index is 13.4. The van der Waals surface area contributed by atoms with Crippen molar-refractivity contribution in [3.05, 3.63) is 29.0 Å². The van der Waals surface area contributed by atoms with Crippen molar-refractivity contribution in [2.24, 2.45) is 5.41 Å². The second-order valence-corrected chi connectivity index (χ2v) is 4.35. The lowest BCUT2D eigenvalue weighted by Gasteiger charge is -2.12. The van der Waals surface area contributed by atoms with E-state index >= 15 is 0 Å². The summed E-state index contributed by atoms with van der Waals surface area (Å²) >= 11 is 5.72. The zero-order chi connectivity index (χ0) is 12.6. The molecule has 0 atom stereocenters. The number of aliphatic carboxylic acids is 1. The van der Waals surface area contributed by atoms with Crippen molar-refractivity contribution >= 4 is 29.2 Å². The quantitative estimate of drug-likeness (QED) is 0.817. The molecule has 1 aliphatic rings. The normalized spacial score (nSPS) is 16.4. The van der Waals surface area contributed by atoms with Crippen molar-refractivity contribution in [3.8, 4) is 0 Å². The number of carboxylic acids is 1. The van der Waals surface area contributed by atoms with Crippen LogP contribution in [0.25, 0.3) is 0 Å². The Morgan fingerprint density at radius 1 is 1.41 bits per heavy atom. The van der Waals surface area contributed by atoms with E-state index < -0.39 is 23.1 Å². The van der Waals surface area contributed by atoms with Crippen LogP contribution in [-0.2, 0) is 9.59 Å². The number of para-hydroxylation sites is 1. The van der Waals surface area contributed by atoms with Crippen molar-refractivity contribution in [3.63, 3.8) is 0 Å². The maximum absolute atomic E-state index is 13.4.